The molecule has 0 saturated carbocycles. The molecule has 0 saturated heterocycles. The van der Waals surface area contributed by atoms with Gasteiger partial charge in [0.2, 0.25) is 32.6 Å². The fraction of sp³-hybridized carbons (Fsp3) is 0. The lowest BCUT2D eigenvalue weighted by molar-refractivity contribution is 1.55. The van der Waals surface area contributed by atoms with Gasteiger partial charge in [-0.25, -0.2) is 0 Å². The molecule has 7 aromatic carbocycles. The first kappa shape index (κ1) is 24.9. The van der Waals surface area contributed by atoms with Crippen molar-refractivity contribution in [2.45, 2.75) is 0 Å². The van der Waals surface area contributed by atoms with Gasteiger partial charge >= 0.3 is 0 Å². The maximum Gasteiger partial charge on any atom is 0.273 e. The topological polar surface area (TPSA) is 154 Å². The highest BCUT2D eigenvalue weighted by atomic mass is 16.2. The Morgan fingerprint density at radius 3 is 0.714 bits per heavy atom. The zero-order valence-corrected chi connectivity index (χ0v) is 21.1. The van der Waals surface area contributed by atoms with Crippen LogP contribution in [-0.4, -0.2) is 0 Å². The average Bonchev–Trinajstić information content (AvgIpc) is 3.47. The zero-order chi connectivity index (χ0) is 29.6. The van der Waals surface area contributed by atoms with Crippen LogP contribution in [-0.2, 0) is 0 Å². The Labute approximate surface area is 230 Å². The van der Waals surface area contributed by atoms with E-state index in [1.807, 2.05) is 0 Å². The Morgan fingerprint density at radius 2 is 0.452 bits per heavy atom. The van der Waals surface area contributed by atoms with E-state index in [2.05, 4.69) is 0 Å². The van der Waals surface area contributed by atoms with E-state index in [1.54, 1.807) is 36.4 Å². The maximum atomic E-state index is 12.4. The summed E-state index contributed by atoms with van der Waals surface area (Å²) in [6.45, 7) is 0. The summed E-state index contributed by atoms with van der Waals surface area (Å²) in [6, 6.07) is 18.3. The van der Waals surface area contributed by atoms with Gasteiger partial charge in [-0.3, -0.25) is 43.2 Å². The van der Waals surface area contributed by atoms with Crippen LogP contribution >= 0.6 is 0 Å². The van der Waals surface area contributed by atoms with Gasteiger partial charge in [0.1, 0.15) is 0 Å². The van der Waals surface area contributed by atoms with Crippen LogP contribution < -0.4 is 48.9 Å². The second-order valence-electron chi connectivity index (χ2n) is 10.0. The minimum atomic E-state index is -1.12. The molecule has 0 spiro atoms. The van der Waals surface area contributed by atoms with Crippen LogP contribution in [0.4, 0.5) is 0 Å². The quantitative estimate of drug-likeness (QED) is 0.292. The van der Waals surface area contributed by atoms with Crippen molar-refractivity contribution in [3.63, 3.8) is 0 Å². The van der Waals surface area contributed by atoms with E-state index in [9.17, 15) is 43.2 Å². The van der Waals surface area contributed by atoms with Crippen molar-refractivity contribution in [1.82, 2.24) is 0 Å². The molecule has 0 aromatic heterocycles. The smallest absolute Gasteiger partial charge is 0.273 e. The third-order valence-corrected chi connectivity index (χ3v) is 7.70. The van der Waals surface area contributed by atoms with Crippen molar-refractivity contribution in [3.8, 4) is 33.4 Å². The summed E-state index contributed by atoms with van der Waals surface area (Å²) in [7, 11) is 0. The number of rotatable bonds is 3. The van der Waals surface area contributed by atoms with Crippen LogP contribution in [0.2, 0.25) is 0 Å². The molecule has 0 bridgehead atoms. The first-order valence-electron chi connectivity index (χ1n) is 12.5. The van der Waals surface area contributed by atoms with Gasteiger partial charge in [0, 0.05) is 32.3 Å². The Morgan fingerprint density at radius 1 is 0.214 bits per heavy atom. The predicted octanol–water partition coefficient (Wildman–Crippen LogP) is 1.02. The largest absolute Gasteiger partial charge is 0.285 e. The second kappa shape index (κ2) is 8.45. The van der Waals surface area contributed by atoms with Gasteiger partial charge in [0.15, 0.2) is 0 Å². The first-order chi connectivity index (χ1) is 20.0. The summed E-state index contributed by atoms with van der Waals surface area (Å²) in [5.74, 6) is 0. The van der Waals surface area contributed by atoms with Crippen molar-refractivity contribution in [3.05, 3.63) is 165 Å². The van der Waals surface area contributed by atoms with Crippen molar-refractivity contribution in [2.24, 2.45) is 0 Å². The molecule has 0 radical (unpaired) electrons. The Bertz CT molecular complexity index is 2490. The molecule has 0 aliphatic heterocycles. The third-order valence-electron chi connectivity index (χ3n) is 7.70. The summed E-state index contributed by atoms with van der Waals surface area (Å²) < 4.78 is 0. The lowest BCUT2D eigenvalue weighted by Gasteiger charge is -2.12. The van der Waals surface area contributed by atoms with E-state index >= 15 is 0 Å². The van der Waals surface area contributed by atoms with Crippen molar-refractivity contribution < 1.29 is 0 Å². The maximum absolute atomic E-state index is 12.4. The van der Waals surface area contributed by atoms with Crippen molar-refractivity contribution >= 4 is 32.3 Å². The molecule has 0 aliphatic rings. The molecular formula is C33H12O9. The van der Waals surface area contributed by atoms with E-state index in [0.29, 0.717) is 33.4 Å². The highest BCUT2D eigenvalue weighted by Crippen LogP contribution is 2.34. The fourth-order valence-electron chi connectivity index (χ4n) is 5.50. The van der Waals surface area contributed by atoms with Crippen LogP contribution in [0.15, 0.2) is 116 Å². The molecule has 0 N–H and O–H groups in total. The molecule has 7 aromatic rings. The lowest BCUT2D eigenvalue weighted by Crippen LogP contribution is -2.29. The molecule has 0 aliphatic carbocycles. The van der Waals surface area contributed by atoms with Crippen LogP contribution in [0.1, 0.15) is 0 Å². The summed E-state index contributed by atoms with van der Waals surface area (Å²) in [6.07, 6.45) is 0. The van der Waals surface area contributed by atoms with E-state index in [4.69, 9.17) is 0 Å². The normalized spacial score (nSPS) is 11.7. The highest BCUT2D eigenvalue weighted by molar-refractivity contribution is 5.94. The standard InChI is InChI=1S/C33H12O9/c34-25-19-4-1-13(10-22(19)28(37)31(25)40)16-7-17(14-2-5-20-23(11-14)29(38)32(41)26(20)35)9-18(8-16)15-3-6-21-24(12-15)30(39)33(42)27(21)36/h1-12H. The minimum Gasteiger partial charge on any atom is -0.285 e. The first-order valence-corrected chi connectivity index (χ1v) is 12.5. The third kappa shape index (κ3) is 3.34. The van der Waals surface area contributed by atoms with Crippen LogP contribution in [0.3, 0.4) is 0 Å². The molecule has 0 amide bonds. The predicted molar refractivity (Wildman–Crippen MR) is 159 cm³/mol. The molecule has 9 nitrogen and oxygen atoms in total. The lowest BCUT2D eigenvalue weighted by atomic mass is 9.92. The van der Waals surface area contributed by atoms with E-state index in [-0.39, 0.29) is 32.3 Å². The zero-order valence-electron chi connectivity index (χ0n) is 21.1. The molecule has 42 heavy (non-hydrogen) atoms. The summed E-state index contributed by atoms with van der Waals surface area (Å²) in [5.41, 5.74) is -5.76. The van der Waals surface area contributed by atoms with E-state index < -0.39 is 48.9 Å². The molecular weight excluding hydrogens is 540 g/mol. The average molecular weight is 552 g/mol. The monoisotopic (exact) mass is 552 g/mol. The van der Waals surface area contributed by atoms with Gasteiger partial charge in [-0.05, 0) is 88.0 Å². The van der Waals surface area contributed by atoms with Gasteiger partial charge in [-0.2, -0.15) is 0 Å². The van der Waals surface area contributed by atoms with Crippen LogP contribution in [0, 0.1) is 0 Å². The Kier molecular flexibility index (Phi) is 5.02. The van der Waals surface area contributed by atoms with E-state index in [0.717, 1.165) is 0 Å². The second-order valence-corrected chi connectivity index (χ2v) is 10.0. The molecule has 0 unspecified atom stereocenters. The summed E-state index contributed by atoms with van der Waals surface area (Å²) in [5, 5.41) is -0.0894. The Hall–Kier alpha value is -6.09. The SMILES string of the molecule is O=c1c(=O)c2ccc(-c3cc(-c4ccc5c(=O)c(=O)c(=O)c5c4)cc(-c4ccc5c(=O)c(=O)c(=O)c5c4)c3)cc2c1=O. The van der Waals surface area contributed by atoms with Crippen LogP contribution in [0.25, 0.3) is 65.7 Å². The molecule has 0 heterocycles. The number of benzene rings is 4. The van der Waals surface area contributed by atoms with Gasteiger partial charge in [-0.1, -0.05) is 18.2 Å². The minimum absolute atomic E-state index is 0.00284. The Balaban J connectivity index is 1.52. The molecule has 0 fully saturated rings. The fourth-order valence-corrected chi connectivity index (χ4v) is 5.50. The van der Waals surface area contributed by atoms with Gasteiger partial charge in [0.25, 0.3) is 16.3 Å². The number of hydrogen-bond acceptors (Lipinski definition) is 9. The number of fused-ring (bicyclic) bond motifs is 3. The number of hydrogen-bond donors (Lipinski definition) is 0. The van der Waals surface area contributed by atoms with Gasteiger partial charge < -0.3 is 0 Å². The molecule has 198 valence electrons. The molecule has 7 rings (SSSR count). The summed E-state index contributed by atoms with van der Waals surface area (Å²) in [4.78, 5) is 110. The van der Waals surface area contributed by atoms with Crippen molar-refractivity contribution in [2.75, 3.05) is 0 Å². The molecule has 0 atom stereocenters. The molecule has 9 heteroatoms. The van der Waals surface area contributed by atoms with Crippen molar-refractivity contribution in [1.29, 1.82) is 0 Å². The van der Waals surface area contributed by atoms with E-state index in [1.165, 1.54) is 36.4 Å². The van der Waals surface area contributed by atoms with Gasteiger partial charge in [0.05, 0.1) is 0 Å². The highest BCUT2D eigenvalue weighted by Gasteiger charge is 2.18. The van der Waals surface area contributed by atoms with Gasteiger partial charge in [-0.15, -0.1) is 0 Å². The summed E-state index contributed by atoms with van der Waals surface area (Å²) >= 11 is 0. The van der Waals surface area contributed by atoms with Crippen LogP contribution in [0.5, 0.6) is 0 Å².